The first-order valence-electron chi connectivity index (χ1n) is 5.07. The van der Waals surface area contributed by atoms with Crippen molar-refractivity contribution in [2.24, 2.45) is 0 Å². The lowest BCUT2D eigenvalue weighted by atomic mass is 10.2. The van der Waals surface area contributed by atoms with E-state index in [0.29, 0.717) is 6.04 Å². The van der Waals surface area contributed by atoms with E-state index >= 15 is 0 Å². The maximum atomic E-state index is 9.45. The van der Waals surface area contributed by atoms with E-state index in [0.717, 1.165) is 18.7 Å². The highest BCUT2D eigenvalue weighted by atomic mass is 32.2. The second-order valence-electron chi connectivity index (χ2n) is 3.51. The van der Waals surface area contributed by atoms with Crippen molar-refractivity contribution in [3.05, 3.63) is 0 Å². The molecule has 0 aliphatic carbocycles. The van der Waals surface area contributed by atoms with Crippen LogP contribution in [0.15, 0.2) is 0 Å². The van der Waals surface area contributed by atoms with Gasteiger partial charge in [0.05, 0.1) is 6.10 Å². The molecule has 0 rings (SSSR count). The summed E-state index contributed by atoms with van der Waals surface area (Å²) in [6, 6.07) is 0.561. The highest BCUT2D eigenvalue weighted by molar-refractivity contribution is 7.99. The minimum Gasteiger partial charge on any atom is -0.392 e. The molecule has 0 aromatic heterocycles. The fraction of sp³-hybridized carbons (Fsp3) is 1.00. The predicted molar refractivity (Wildman–Crippen MR) is 61.4 cm³/mol. The highest BCUT2D eigenvalue weighted by Crippen LogP contribution is 2.07. The third-order valence-electron chi connectivity index (χ3n) is 2.29. The van der Waals surface area contributed by atoms with Gasteiger partial charge in [0, 0.05) is 18.3 Å². The van der Waals surface area contributed by atoms with Gasteiger partial charge in [0.1, 0.15) is 0 Å². The van der Waals surface area contributed by atoms with E-state index in [2.05, 4.69) is 25.8 Å². The minimum absolute atomic E-state index is 0.168. The number of thioether (sulfide) groups is 1. The quantitative estimate of drug-likeness (QED) is 0.686. The minimum atomic E-state index is -0.168. The molecule has 1 N–H and O–H groups in total. The second-order valence-corrected chi connectivity index (χ2v) is 4.83. The number of aliphatic hydroxyl groups is 1. The van der Waals surface area contributed by atoms with Crippen LogP contribution in [-0.4, -0.2) is 47.3 Å². The molecule has 0 aromatic rings. The zero-order chi connectivity index (χ0) is 10.3. The van der Waals surface area contributed by atoms with Gasteiger partial charge in [-0.05, 0) is 26.1 Å². The number of hydrogen-bond donors (Lipinski definition) is 1. The lowest BCUT2D eigenvalue weighted by Crippen LogP contribution is -2.37. The number of rotatable bonds is 7. The molecule has 0 bridgehead atoms. The van der Waals surface area contributed by atoms with Crippen molar-refractivity contribution in [1.29, 1.82) is 0 Å². The molecule has 0 spiro atoms. The average molecular weight is 205 g/mol. The Balaban J connectivity index is 3.61. The summed E-state index contributed by atoms with van der Waals surface area (Å²) in [5.41, 5.74) is 0. The molecule has 3 heteroatoms. The lowest BCUT2D eigenvalue weighted by Gasteiger charge is -2.26. The summed E-state index contributed by atoms with van der Waals surface area (Å²) in [4.78, 5) is 2.23. The van der Waals surface area contributed by atoms with Crippen molar-refractivity contribution in [1.82, 2.24) is 4.90 Å². The first kappa shape index (κ1) is 13.3. The molecule has 0 radical (unpaired) electrons. The van der Waals surface area contributed by atoms with Crippen molar-refractivity contribution >= 4 is 11.8 Å². The summed E-state index contributed by atoms with van der Waals surface area (Å²) in [7, 11) is 2.08. The Morgan fingerprint density at radius 3 is 2.46 bits per heavy atom. The molecule has 0 aliphatic heterocycles. The molecule has 2 atom stereocenters. The van der Waals surface area contributed by atoms with Crippen LogP contribution in [0.5, 0.6) is 0 Å². The average Bonchev–Trinajstić information content (AvgIpc) is 2.13. The molecule has 0 unspecified atom stereocenters. The summed E-state index contributed by atoms with van der Waals surface area (Å²) in [5.74, 6) is 2.33. The first-order valence-corrected chi connectivity index (χ1v) is 6.23. The smallest absolute Gasteiger partial charge is 0.0664 e. The molecule has 0 heterocycles. The van der Waals surface area contributed by atoms with Crippen LogP contribution < -0.4 is 0 Å². The summed E-state index contributed by atoms with van der Waals surface area (Å²) in [5, 5.41) is 9.45. The fourth-order valence-electron chi connectivity index (χ4n) is 1.06. The predicted octanol–water partition coefficient (Wildman–Crippen LogP) is 1.83. The zero-order valence-electron chi connectivity index (χ0n) is 9.29. The zero-order valence-corrected chi connectivity index (χ0v) is 10.1. The van der Waals surface area contributed by atoms with Crippen molar-refractivity contribution in [3.8, 4) is 0 Å². The van der Waals surface area contributed by atoms with Crippen LogP contribution in [0.2, 0.25) is 0 Å². The lowest BCUT2D eigenvalue weighted by molar-refractivity contribution is 0.109. The van der Waals surface area contributed by atoms with Crippen LogP contribution in [0.4, 0.5) is 0 Å². The van der Waals surface area contributed by atoms with Gasteiger partial charge >= 0.3 is 0 Å². The second kappa shape index (κ2) is 7.65. The van der Waals surface area contributed by atoms with E-state index in [1.54, 1.807) is 0 Å². The Morgan fingerprint density at radius 1 is 1.38 bits per heavy atom. The SMILES string of the molecule is CCSC[C@H](C)N(C)C[C@@H](O)CC. The van der Waals surface area contributed by atoms with Crippen LogP contribution in [0, 0.1) is 0 Å². The molecule has 0 fully saturated rings. The van der Waals surface area contributed by atoms with Crippen LogP contribution >= 0.6 is 11.8 Å². The van der Waals surface area contributed by atoms with Gasteiger partial charge in [-0.25, -0.2) is 0 Å². The summed E-state index contributed by atoms with van der Waals surface area (Å²) in [6.07, 6.45) is 0.678. The van der Waals surface area contributed by atoms with Gasteiger partial charge in [-0.1, -0.05) is 13.8 Å². The van der Waals surface area contributed by atoms with Crippen LogP contribution in [0.25, 0.3) is 0 Å². The van der Waals surface area contributed by atoms with E-state index in [-0.39, 0.29) is 6.10 Å². The molecular formula is C10H23NOS. The molecule has 13 heavy (non-hydrogen) atoms. The van der Waals surface area contributed by atoms with E-state index in [1.165, 1.54) is 5.75 Å². The molecule has 0 aromatic carbocycles. The molecule has 2 nitrogen and oxygen atoms in total. The van der Waals surface area contributed by atoms with Crippen LogP contribution in [0.1, 0.15) is 27.2 Å². The molecule has 0 amide bonds. The molecular weight excluding hydrogens is 182 g/mol. The Labute approximate surface area is 86.7 Å². The number of nitrogens with zero attached hydrogens (tertiary/aromatic N) is 1. The van der Waals surface area contributed by atoms with Crippen molar-refractivity contribution in [3.63, 3.8) is 0 Å². The number of aliphatic hydroxyl groups excluding tert-OH is 1. The van der Waals surface area contributed by atoms with E-state index in [1.807, 2.05) is 18.7 Å². The summed E-state index contributed by atoms with van der Waals surface area (Å²) < 4.78 is 0. The summed E-state index contributed by atoms with van der Waals surface area (Å²) >= 11 is 1.96. The molecule has 0 aliphatic rings. The largest absolute Gasteiger partial charge is 0.392 e. The van der Waals surface area contributed by atoms with Crippen LogP contribution in [0.3, 0.4) is 0 Å². The van der Waals surface area contributed by atoms with Crippen LogP contribution in [-0.2, 0) is 0 Å². The highest BCUT2D eigenvalue weighted by Gasteiger charge is 2.11. The van der Waals surface area contributed by atoms with E-state index < -0.39 is 0 Å². The normalized spacial score (nSPS) is 16.2. The van der Waals surface area contributed by atoms with Gasteiger partial charge in [-0.2, -0.15) is 11.8 Å². The number of likely N-dealkylation sites (N-methyl/N-ethyl adjacent to an activating group) is 1. The topological polar surface area (TPSA) is 23.5 Å². The monoisotopic (exact) mass is 205 g/mol. The van der Waals surface area contributed by atoms with Gasteiger partial charge in [-0.15, -0.1) is 0 Å². The van der Waals surface area contributed by atoms with Gasteiger partial charge in [-0.3, -0.25) is 0 Å². The Kier molecular flexibility index (Phi) is 7.81. The Morgan fingerprint density at radius 2 is 2.00 bits per heavy atom. The molecule has 80 valence electrons. The van der Waals surface area contributed by atoms with E-state index in [9.17, 15) is 5.11 Å². The standard InChI is InChI=1S/C10H23NOS/c1-5-10(12)7-11(4)9(3)8-13-6-2/h9-10,12H,5-8H2,1-4H3/t9-,10-/m0/s1. The summed E-state index contributed by atoms with van der Waals surface area (Å²) in [6.45, 7) is 7.20. The molecule has 0 saturated heterocycles. The van der Waals surface area contributed by atoms with Gasteiger partial charge in [0.2, 0.25) is 0 Å². The van der Waals surface area contributed by atoms with Crippen molar-refractivity contribution < 1.29 is 5.11 Å². The van der Waals surface area contributed by atoms with Gasteiger partial charge in [0.15, 0.2) is 0 Å². The van der Waals surface area contributed by atoms with Crippen molar-refractivity contribution in [2.45, 2.75) is 39.3 Å². The fourth-order valence-corrected chi connectivity index (χ4v) is 1.89. The molecule has 0 saturated carbocycles. The Hall–Kier alpha value is 0.270. The van der Waals surface area contributed by atoms with Crippen molar-refractivity contribution in [2.75, 3.05) is 25.1 Å². The maximum Gasteiger partial charge on any atom is 0.0664 e. The number of hydrogen-bond acceptors (Lipinski definition) is 3. The third kappa shape index (κ3) is 6.36. The third-order valence-corrected chi connectivity index (χ3v) is 3.41. The van der Waals surface area contributed by atoms with Gasteiger partial charge < -0.3 is 10.0 Å². The van der Waals surface area contributed by atoms with E-state index in [4.69, 9.17) is 0 Å². The maximum absolute atomic E-state index is 9.45. The Bertz CT molecular complexity index is 121. The van der Waals surface area contributed by atoms with Gasteiger partial charge in [0.25, 0.3) is 0 Å². The first-order chi connectivity index (χ1) is 6.11.